The van der Waals surface area contributed by atoms with Gasteiger partial charge in [-0.1, -0.05) is 33.1 Å². The van der Waals surface area contributed by atoms with E-state index in [9.17, 15) is 24.3 Å². The SMILES string of the molecule is C.CC(C)(C)OC(=O)N1[C@H](C(=O)O)C[C@@H]2CCCC[C@@H]21.CNOC.CON(C)C(=O)[C@@H]1C[C@@H]2CCCC[C@@H]2N1C(=O)OC(C)(C)C.Cl.S.S.S.S.S.S. The van der Waals surface area contributed by atoms with Crippen molar-refractivity contribution in [3.8, 4) is 0 Å². The number of likely N-dealkylation sites (tertiary alicyclic amines) is 2. The van der Waals surface area contributed by atoms with E-state index in [1.54, 1.807) is 46.9 Å². The molecule has 2 aliphatic carbocycles. The van der Waals surface area contributed by atoms with Crippen LogP contribution in [0.1, 0.15) is 113 Å². The van der Waals surface area contributed by atoms with Gasteiger partial charge in [-0.05, 0) is 91.9 Å². The molecular weight excluding hydrogens is 824 g/mol. The number of carboxylic acids is 1. The summed E-state index contributed by atoms with van der Waals surface area (Å²) in [4.78, 5) is 61.3. The van der Waals surface area contributed by atoms with Crippen LogP contribution in [0, 0.1) is 11.8 Å². The molecule has 20 heteroatoms. The molecule has 2 aliphatic heterocycles. The quantitative estimate of drug-likeness (QED) is 0.292. The number of rotatable bonds is 4. The van der Waals surface area contributed by atoms with Crippen LogP contribution in [-0.4, -0.2) is 108 Å². The van der Waals surface area contributed by atoms with Crippen molar-refractivity contribution >= 4 is 117 Å². The number of halogens is 1. The Hall–Kier alpha value is -0.250. The molecule has 0 spiro atoms. The second kappa shape index (κ2) is 30.8. The first-order valence-electron chi connectivity index (χ1n) is 16.2. The molecule has 0 aromatic rings. The predicted octanol–water partition coefficient (Wildman–Crippen LogP) is 6.72. The number of nitrogens with zero attached hydrogens (tertiary/aromatic N) is 3. The van der Waals surface area contributed by atoms with Crippen LogP contribution in [0.25, 0.3) is 0 Å². The van der Waals surface area contributed by atoms with E-state index in [2.05, 4.69) is 10.3 Å². The number of amides is 3. The predicted molar refractivity (Wildman–Crippen MR) is 244 cm³/mol. The largest absolute Gasteiger partial charge is 0.480 e. The smallest absolute Gasteiger partial charge is 0.411 e. The van der Waals surface area contributed by atoms with Gasteiger partial charge in [0.25, 0.3) is 5.91 Å². The van der Waals surface area contributed by atoms with Gasteiger partial charge in [-0.2, -0.15) is 81.0 Å². The van der Waals surface area contributed by atoms with Crippen LogP contribution in [0.5, 0.6) is 0 Å². The second-order valence-corrected chi connectivity index (χ2v) is 14.3. The standard InChI is InChI=1S/C16H28N2O4.C14H23NO4.C2H7NO.CH4.ClH.6H2S/c1-16(2,3)22-15(20)18-12-9-7-6-8-11(12)10-13(18)14(19)17(4)21-5;1-14(2,3)19-13(18)15-10-7-5-4-6-9(10)8-11(15)12(16)17;1-3-4-2;;;;;;;;/h11-13H,6-10H2,1-5H3;9-11H,4-8H2,1-3H3,(H,16,17);3H,1-2H3;1H4;1H;6*1H2/t11-,12-,13-;9-,10-,11-;;;;;;;;;/m00........./s1. The normalized spacial score (nSPS) is 23.4. The first-order valence-corrected chi connectivity index (χ1v) is 16.2. The van der Waals surface area contributed by atoms with Crippen molar-refractivity contribution in [2.45, 2.75) is 149 Å². The van der Waals surface area contributed by atoms with Crippen molar-refractivity contribution in [2.24, 2.45) is 11.8 Å². The lowest BCUT2D eigenvalue weighted by Gasteiger charge is -2.35. The van der Waals surface area contributed by atoms with Crippen molar-refractivity contribution in [3.63, 3.8) is 0 Å². The number of fused-ring (bicyclic) bond motifs is 2. The lowest BCUT2D eigenvalue weighted by molar-refractivity contribution is -0.173. The fourth-order valence-corrected chi connectivity index (χ4v) is 6.82. The Morgan fingerprint density at radius 1 is 0.679 bits per heavy atom. The van der Waals surface area contributed by atoms with Gasteiger partial charge in [0.2, 0.25) is 0 Å². The Labute approximate surface area is 367 Å². The Balaban J connectivity index is -0.000000128. The monoisotopic (exact) mass is 898 g/mol. The van der Waals surface area contributed by atoms with Gasteiger partial charge in [0, 0.05) is 26.2 Å². The van der Waals surface area contributed by atoms with Crippen molar-refractivity contribution in [1.82, 2.24) is 20.3 Å². The first kappa shape index (κ1) is 67.5. The summed E-state index contributed by atoms with van der Waals surface area (Å²) in [6.45, 7) is 10.9. The van der Waals surface area contributed by atoms with Gasteiger partial charge in [0.05, 0.1) is 14.2 Å². The highest BCUT2D eigenvalue weighted by Gasteiger charge is 2.50. The number of nitrogens with one attached hydrogen (secondary N) is 1. The van der Waals surface area contributed by atoms with Crippen LogP contribution < -0.4 is 5.48 Å². The summed E-state index contributed by atoms with van der Waals surface area (Å²) in [7, 11) is 6.31. The molecule has 0 bridgehead atoms. The molecule has 2 saturated heterocycles. The minimum atomic E-state index is -0.916. The molecule has 4 fully saturated rings. The van der Waals surface area contributed by atoms with Crippen molar-refractivity contribution < 1.29 is 43.4 Å². The fraction of sp³-hybridized carbons (Fsp3) is 0.879. The summed E-state index contributed by atoms with van der Waals surface area (Å²) in [6, 6.07) is -1.04. The summed E-state index contributed by atoms with van der Waals surface area (Å²) in [5.74, 6) is -0.383. The van der Waals surface area contributed by atoms with Crippen molar-refractivity contribution in [1.29, 1.82) is 0 Å². The number of hydrogen-bond donors (Lipinski definition) is 2. The lowest BCUT2D eigenvalue weighted by Crippen LogP contribution is -2.51. The van der Waals surface area contributed by atoms with E-state index in [4.69, 9.17) is 14.3 Å². The molecule has 4 aliphatic rings. The molecule has 53 heavy (non-hydrogen) atoms. The number of likely N-dealkylation sites (N-methyl/N-ethyl adjacent to an activating group) is 1. The molecule has 0 radical (unpaired) electrons. The number of aliphatic carboxylic acids is 1. The zero-order valence-electron chi connectivity index (χ0n) is 32.5. The van der Waals surface area contributed by atoms with Crippen LogP contribution in [0.4, 0.5) is 9.59 Å². The number of carbonyl (C=O) groups excluding carboxylic acids is 3. The summed E-state index contributed by atoms with van der Waals surface area (Å²) >= 11 is 0. The molecule has 3 amide bonds. The van der Waals surface area contributed by atoms with E-state index in [1.807, 2.05) is 20.8 Å². The molecule has 0 aromatic heterocycles. The first-order chi connectivity index (χ1) is 20.9. The number of carboxylic acid groups (broad SMARTS) is 1. The van der Waals surface area contributed by atoms with E-state index >= 15 is 0 Å². The highest BCUT2D eigenvalue weighted by molar-refractivity contribution is 7.60. The Morgan fingerprint density at radius 2 is 1.00 bits per heavy atom. The molecule has 4 rings (SSSR count). The third kappa shape index (κ3) is 20.7. The van der Waals surface area contributed by atoms with E-state index in [0.29, 0.717) is 24.7 Å². The van der Waals surface area contributed by atoms with Crippen LogP contribution in [-0.2, 0) is 28.7 Å². The summed E-state index contributed by atoms with van der Waals surface area (Å²) in [6.07, 6.45) is 8.82. The highest BCUT2D eigenvalue weighted by atomic mass is 35.5. The van der Waals surface area contributed by atoms with Crippen LogP contribution in [0.15, 0.2) is 0 Å². The van der Waals surface area contributed by atoms with E-state index < -0.39 is 35.3 Å². The van der Waals surface area contributed by atoms with Gasteiger partial charge in [0.15, 0.2) is 0 Å². The molecule has 6 atom stereocenters. The van der Waals surface area contributed by atoms with Gasteiger partial charge < -0.3 is 19.4 Å². The second-order valence-electron chi connectivity index (χ2n) is 14.3. The Bertz CT molecular complexity index is 1030. The molecule has 0 unspecified atom stereocenters. The average Bonchev–Trinajstić information content (AvgIpc) is 3.54. The fourth-order valence-electron chi connectivity index (χ4n) is 6.82. The van der Waals surface area contributed by atoms with Crippen molar-refractivity contribution in [2.75, 3.05) is 28.3 Å². The molecule has 2 saturated carbocycles. The van der Waals surface area contributed by atoms with Gasteiger partial charge in [-0.15, -0.1) is 12.4 Å². The number of carbonyl (C=O) groups is 4. The van der Waals surface area contributed by atoms with Gasteiger partial charge in [-0.3, -0.25) is 19.4 Å². The summed E-state index contributed by atoms with van der Waals surface area (Å²) in [5, 5.41) is 10.5. The Kier molecular flexibility index (Phi) is 39.3. The minimum Gasteiger partial charge on any atom is -0.480 e. The number of ether oxygens (including phenoxy) is 2. The highest BCUT2D eigenvalue weighted by Crippen LogP contribution is 2.42. The lowest BCUT2D eigenvalue weighted by atomic mass is 9.85. The van der Waals surface area contributed by atoms with Crippen LogP contribution in [0.3, 0.4) is 0 Å². The summed E-state index contributed by atoms with van der Waals surface area (Å²) < 4.78 is 10.9. The van der Waals surface area contributed by atoms with E-state index in [0.717, 1.165) is 44.9 Å². The molecule has 2 heterocycles. The minimum absolute atomic E-state index is 0. The van der Waals surface area contributed by atoms with Crippen LogP contribution in [0.2, 0.25) is 0 Å². The average molecular weight is 900 g/mol. The summed E-state index contributed by atoms with van der Waals surface area (Å²) in [5.41, 5.74) is 1.28. The molecule has 324 valence electrons. The molecule has 2 N–H and O–H groups in total. The zero-order chi connectivity index (χ0) is 34.1. The Morgan fingerprint density at radius 3 is 1.30 bits per heavy atom. The molecule has 13 nitrogen and oxygen atoms in total. The third-order valence-electron chi connectivity index (χ3n) is 8.74. The van der Waals surface area contributed by atoms with Gasteiger partial charge >= 0.3 is 18.2 Å². The van der Waals surface area contributed by atoms with Gasteiger partial charge in [-0.25, -0.2) is 24.9 Å². The molecular formula is C33H75ClN4O9S6. The van der Waals surface area contributed by atoms with Gasteiger partial charge in [0.1, 0.15) is 23.3 Å². The molecule has 0 aromatic carbocycles. The van der Waals surface area contributed by atoms with E-state index in [1.165, 1.54) is 23.5 Å². The maximum Gasteiger partial charge on any atom is 0.411 e. The topological polar surface area (TPSA) is 147 Å². The number of hydroxylamine groups is 3. The maximum absolute atomic E-state index is 12.6. The van der Waals surface area contributed by atoms with E-state index in [-0.39, 0.29) is 125 Å². The third-order valence-corrected chi connectivity index (χ3v) is 8.74. The van der Waals surface area contributed by atoms with Crippen LogP contribution >= 0.6 is 93.4 Å². The maximum atomic E-state index is 12.6. The zero-order valence-corrected chi connectivity index (χ0v) is 39.3. The number of hydrogen-bond acceptors (Lipinski definition) is 9. The van der Waals surface area contributed by atoms with Crippen molar-refractivity contribution in [3.05, 3.63) is 0 Å².